The van der Waals surface area contributed by atoms with Crippen LogP contribution < -0.4 is 5.32 Å². The van der Waals surface area contributed by atoms with Gasteiger partial charge >= 0.3 is 0 Å². The van der Waals surface area contributed by atoms with Gasteiger partial charge in [0, 0.05) is 6.04 Å². The summed E-state index contributed by atoms with van der Waals surface area (Å²) in [7, 11) is -3.06. The van der Waals surface area contributed by atoms with Gasteiger partial charge in [0.1, 0.15) is 0 Å². The third kappa shape index (κ3) is 2.93. The second kappa shape index (κ2) is 5.41. The van der Waals surface area contributed by atoms with Gasteiger partial charge in [0.05, 0.1) is 10.6 Å². The van der Waals surface area contributed by atoms with Gasteiger partial charge in [-0.05, 0) is 36.9 Å². The summed E-state index contributed by atoms with van der Waals surface area (Å²) in [5.41, 5.74) is 0.938. The van der Waals surface area contributed by atoms with Crippen LogP contribution >= 0.6 is 0 Å². The minimum absolute atomic E-state index is 0.184. The van der Waals surface area contributed by atoms with Crippen molar-refractivity contribution in [3.8, 4) is 0 Å². The predicted molar refractivity (Wildman–Crippen MR) is 73.3 cm³/mol. The van der Waals surface area contributed by atoms with Crippen LogP contribution in [-0.2, 0) is 9.84 Å². The van der Waals surface area contributed by atoms with Gasteiger partial charge in [0.2, 0.25) is 0 Å². The molecule has 18 heavy (non-hydrogen) atoms. The molecule has 1 aliphatic rings. The number of hydrogen-bond donors (Lipinski definition) is 1. The maximum absolute atomic E-state index is 12.0. The van der Waals surface area contributed by atoms with Gasteiger partial charge < -0.3 is 5.32 Å². The summed E-state index contributed by atoms with van der Waals surface area (Å²) in [5.74, 6) is 0.920. The predicted octanol–water partition coefficient (Wildman–Crippen LogP) is 2.54. The monoisotopic (exact) mass is 267 g/mol. The van der Waals surface area contributed by atoms with Crippen LogP contribution in [0.15, 0.2) is 29.2 Å². The van der Waals surface area contributed by atoms with Gasteiger partial charge in [0.15, 0.2) is 9.84 Å². The van der Waals surface area contributed by atoms with Crippen molar-refractivity contribution in [1.29, 1.82) is 0 Å². The number of sulfone groups is 1. The minimum Gasteiger partial charge on any atom is -0.310 e. The molecule has 0 bridgehead atoms. The molecule has 0 radical (unpaired) electrons. The highest BCUT2D eigenvalue weighted by Crippen LogP contribution is 2.31. The number of rotatable bonds is 4. The Morgan fingerprint density at radius 3 is 2.78 bits per heavy atom. The van der Waals surface area contributed by atoms with Gasteiger partial charge in [-0.15, -0.1) is 0 Å². The Morgan fingerprint density at radius 2 is 2.06 bits per heavy atom. The molecule has 3 nitrogen and oxygen atoms in total. The fourth-order valence-corrected chi connectivity index (χ4v) is 3.97. The van der Waals surface area contributed by atoms with E-state index >= 15 is 0 Å². The lowest BCUT2D eigenvalue weighted by atomic mass is 10.0. The Morgan fingerprint density at radius 1 is 1.33 bits per heavy atom. The molecular weight excluding hydrogens is 246 g/mol. The third-order valence-electron chi connectivity index (χ3n) is 3.42. The quantitative estimate of drug-likeness (QED) is 0.912. The van der Waals surface area contributed by atoms with E-state index in [-0.39, 0.29) is 11.8 Å². The molecule has 0 saturated carbocycles. The van der Waals surface area contributed by atoms with E-state index in [0.29, 0.717) is 17.2 Å². The van der Waals surface area contributed by atoms with E-state index in [9.17, 15) is 8.42 Å². The highest BCUT2D eigenvalue weighted by Gasteiger charge is 2.29. The lowest BCUT2D eigenvalue weighted by Gasteiger charge is -2.26. The Kier molecular flexibility index (Phi) is 4.07. The van der Waals surface area contributed by atoms with Gasteiger partial charge in [-0.25, -0.2) is 8.42 Å². The van der Waals surface area contributed by atoms with Crippen LogP contribution in [0.5, 0.6) is 0 Å². The first kappa shape index (κ1) is 13.6. The maximum Gasteiger partial charge on any atom is 0.178 e. The molecule has 0 aromatic heterocycles. The Labute approximate surface area is 110 Å². The molecule has 1 unspecified atom stereocenters. The van der Waals surface area contributed by atoms with E-state index < -0.39 is 9.84 Å². The third-order valence-corrected chi connectivity index (χ3v) is 5.23. The molecule has 0 fully saturated rings. The fourth-order valence-electron chi connectivity index (χ4n) is 2.35. The minimum atomic E-state index is -3.06. The molecule has 1 aliphatic heterocycles. The van der Waals surface area contributed by atoms with Crippen molar-refractivity contribution >= 4 is 9.84 Å². The first-order valence-electron chi connectivity index (χ1n) is 6.56. The van der Waals surface area contributed by atoms with Crippen molar-refractivity contribution in [3.63, 3.8) is 0 Å². The molecule has 1 aromatic carbocycles. The molecule has 1 heterocycles. The molecule has 1 N–H and O–H groups in total. The average Bonchev–Trinajstić information content (AvgIpc) is 2.32. The molecule has 0 amide bonds. The summed E-state index contributed by atoms with van der Waals surface area (Å²) in [6, 6.07) is 7.55. The van der Waals surface area contributed by atoms with E-state index in [1.807, 2.05) is 12.1 Å². The smallest absolute Gasteiger partial charge is 0.178 e. The Balaban J connectivity index is 2.16. The molecule has 0 saturated heterocycles. The summed E-state index contributed by atoms with van der Waals surface area (Å²) < 4.78 is 23.9. The zero-order valence-corrected chi connectivity index (χ0v) is 11.8. The average molecular weight is 267 g/mol. The normalized spacial score (nSPS) is 21.8. The van der Waals surface area contributed by atoms with Crippen molar-refractivity contribution in [3.05, 3.63) is 29.8 Å². The van der Waals surface area contributed by atoms with Crippen LogP contribution in [0.2, 0.25) is 0 Å². The standard InChI is InChI=1S/C14H21NO2S/c1-11(2)7-9-15-13-8-10-18(16,17)14-6-4-3-5-12(13)14/h3-6,11,13,15H,7-10H2,1-2H3. The van der Waals surface area contributed by atoms with Gasteiger partial charge in [-0.2, -0.15) is 0 Å². The van der Waals surface area contributed by atoms with E-state index in [1.165, 1.54) is 0 Å². The second-order valence-corrected chi connectivity index (χ2v) is 7.41. The van der Waals surface area contributed by atoms with E-state index in [1.54, 1.807) is 12.1 Å². The van der Waals surface area contributed by atoms with Crippen LogP contribution in [0.1, 0.15) is 38.3 Å². The molecule has 2 rings (SSSR count). The van der Waals surface area contributed by atoms with Crippen molar-refractivity contribution in [2.45, 2.75) is 37.6 Å². The summed E-state index contributed by atoms with van der Waals surface area (Å²) in [6.07, 6.45) is 1.79. The molecule has 4 heteroatoms. The number of nitrogens with one attached hydrogen (secondary N) is 1. The lowest BCUT2D eigenvalue weighted by molar-refractivity contribution is 0.456. The van der Waals surface area contributed by atoms with Crippen LogP contribution in [0, 0.1) is 5.92 Å². The first-order chi connectivity index (χ1) is 8.50. The fraction of sp³-hybridized carbons (Fsp3) is 0.571. The van der Waals surface area contributed by atoms with E-state index in [2.05, 4.69) is 19.2 Å². The molecular formula is C14H21NO2S. The van der Waals surface area contributed by atoms with Crippen LogP contribution in [0.3, 0.4) is 0 Å². The van der Waals surface area contributed by atoms with Gasteiger partial charge in [-0.1, -0.05) is 32.0 Å². The van der Waals surface area contributed by atoms with Crippen molar-refractivity contribution in [1.82, 2.24) is 5.32 Å². The highest BCUT2D eigenvalue weighted by atomic mass is 32.2. The molecule has 0 spiro atoms. The Bertz CT molecular complexity index is 508. The molecule has 1 aromatic rings. The van der Waals surface area contributed by atoms with Crippen LogP contribution in [0.4, 0.5) is 0 Å². The zero-order valence-electron chi connectivity index (χ0n) is 11.0. The SMILES string of the molecule is CC(C)CCNC1CCS(=O)(=O)c2ccccc21. The van der Waals surface area contributed by atoms with Crippen LogP contribution in [-0.4, -0.2) is 20.7 Å². The van der Waals surface area contributed by atoms with Gasteiger partial charge in [-0.3, -0.25) is 0 Å². The summed E-state index contributed by atoms with van der Waals surface area (Å²) in [6.45, 7) is 5.33. The van der Waals surface area contributed by atoms with Gasteiger partial charge in [0.25, 0.3) is 0 Å². The number of fused-ring (bicyclic) bond motifs is 1. The van der Waals surface area contributed by atoms with E-state index in [4.69, 9.17) is 0 Å². The maximum atomic E-state index is 12.0. The second-order valence-electron chi connectivity index (χ2n) is 5.33. The summed E-state index contributed by atoms with van der Waals surface area (Å²) >= 11 is 0. The first-order valence-corrected chi connectivity index (χ1v) is 8.21. The highest BCUT2D eigenvalue weighted by molar-refractivity contribution is 7.91. The largest absolute Gasteiger partial charge is 0.310 e. The van der Waals surface area contributed by atoms with Crippen molar-refractivity contribution in [2.75, 3.05) is 12.3 Å². The molecule has 0 aliphatic carbocycles. The number of hydrogen-bond acceptors (Lipinski definition) is 3. The summed E-state index contributed by atoms with van der Waals surface area (Å²) in [4.78, 5) is 0.512. The molecule has 100 valence electrons. The van der Waals surface area contributed by atoms with Crippen LogP contribution in [0.25, 0.3) is 0 Å². The topological polar surface area (TPSA) is 46.2 Å². The zero-order chi connectivity index (χ0) is 13.2. The molecule has 1 atom stereocenters. The van der Waals surface area contributed by atoms with Crippen molar-refractivity contribution in [2.24, 2.45) is 5.92 Å². The lowest BCUT2D eigenvalue weighted by Crippen LogP contribution is -2.30. The van der Waals surface area contributed by atoms with Crippen molar-refractivity contribution < 1.29 is 8.42 Å². The Hall–Kier alpha value is -0.870. The summed E-state index contributed by atoms with van der Waals surface area (Å²) in [5, 5.41) is 3.48. The number of benzene rings is 1. The van der Waals surface area contributed by atoms with E-state index in [0.717, 1.165) is 18.5 Å².